The first kappa shape index (κ1) is 15.0. The van der Waals surface area contributed by atoms with Gasteiger partial charge in [-0.15, -0.1) is 0 Å². The topological polar surface area (TPSA) is 57.4 Å². The molecule has 0 unspecified atom stereocenters. The highest BCUT2D eigenvalue weighted by atomic mass is 19.2. The number of benzene rings is 2. The van der Waals surface area contributed by atoms with E-state index in [0.717, 1.165) is 12.1 Å². The number of hydrogen-bond acceptors (Lipinski definition) is 5. The van der Waals surface area contributed by atoms with Gasteiger partial charge in [-0.25, -0.2) is 8.78 Å². The molecule has 0 aliphatic carbocycles. The van der Waals surface area contributed by atoms with Crippen molar-refractivity contribution in [2.24, 2.45) is 0 Å². The van der Waals surface area contributed by atoms with Gasteiger partial charge in [-0.05, 0) is 30.3 Å². The van der Waals surface area contributed by atoms with Gasteiger partial charge in [-0.3, -0.25) is 0 Å². The largest absolute Gasteiger partial charge is 0.497 e. The Morgan fingerprint density at radius 3 is 2.17 bits per heavy atom. The highest BCUT2D eigenvalue weighted by molar-refractivity contribution is 5.63. The molecule has 0 aliphatic heterocycles. The molecule has 0 spiro atoms. The van der Waals surface area contributed by atoms with E-state index in [-0.39, 0.29) is 17.3 Å². The third-order valence-electron chi connectivity index (χ3n) is 3.20. The van der Waals surface area contributed by atoms with E-state index in [9.17, 15) is 8.78 Å². The maximum absolute atomic E-state index is 13.3. The van der Waals surface area contributed by atoms with Crippen LogP contribution in [0.5, 0.6) is 11.5 Å². The molecule has 118 valence electrons. The van der Waals surface area contributed by atoms with Crippen molar-refractivity contribution in [3.63, 3.8) is 0 Å². The van der Waals surface area contributed by atoms with Gasteiger partial charge in [0.2, 0.25) is 5.82 Å². The van der Waals surface area contributed by atoms with Gasteiger partial charge in [0.25, 0.3) is 5.89 Å². The first-order valence-electron chi connectivity index (χ1n) is 6.63. The Morgan fingerprint density at radius 2 is 1.57 bits per heavy atom. The van der Waals surface area contributed by atoms with Crippen LogP contribution in [0.2, 0.25) is 0 Å². The van der Waals surface area contributed by atoms with E-state index in [2.05, 4.69) is 10.1 Å². The second-order valence-corrected chi connectivity index (χ2v) is 4.65. The summed E-state index contributed by atoms with van der Waals surface area (Å²) >= 11 is 0. The molecule has 0 aliphatic rings. The van der Waals surface area contributed by atoms with Crippen molar-refractivity contribution in [2.75, 3.05) is 14.2 Å². The van der Waals surface area contributed by atoms with Crippen LogP contribution in [0.3, 0.4) is 0 Å². The van der Waals surface area contributed by atoms with Crippen LogP contribution < -0.4 is 9.47 Å². The Bertz CT molecular complexity index is 827. The summed E-state index contributed by atoms with van der Waals surface area (Å²) in [5, 5.41) is 3.85. The van der Waals surface area contributed by atoms with Crippen molar-refractivity contribution >= 4 is 0 Å². The van der Waals surface area contributed by atoms with E-state index in [1.54, 1.807) is 18.2 Å². The van der Waals surface area contributed by atoms with Gasteiger partial charge in [0.15, 0.2) is 11.6 Å². The fourth-order valence-electron chi connectivity index (χ4n) is 2.02. The molecule has 1 heterocycles. The zero-order valence-electron chi connectivity index (χ0n) is 12.3. The van der Waals surface area contributed by atoms with Crippen LogP contribution in [0.1, 0.15) is 0 Å². The Hall–Kier alpha value is -2.96. The predicted octanol–water partition coefficient (Wildman–Crippen LogP) is 3.70. The van der Waals surface area contributed by atoms with Gasteiger partial charge in [-0.2, -0.15) is 4.98 Å². The summed E-state index contributed by atoms with van der Waals surface area (Å²) in [6.07, 6.45) is 0. The van der Waals surface area contributed by atoms with Crippen molar-refractivity contribution in [3.05, 3.63) is 48.0 Å². The highest BCUT2D eigenvalue weighted by Crippen LogP contribution is 2.29. The van der Waals surface area contributed by atoms with Crippen LogP contribution in [-0.4, -0.2) is 24.4 Å². The summed E-state index contributed by atoms with van der Waals surface area (Å²) < 4.78 is 41.8. The Balaban J connectivity index is 2.00. The van der Waals surface area contributed by atoms with Crippen molar-refractivity contribution < 1.29 is 22.8 Å². The second kappa shape index (κ2) is 6.04. The summed E-state index contributed by atoms with van der Waals surface area (Å²) in [6, 6.07) is 8.49. The van der Waals surface area contributed by atoms with Gasteiger partial charge < -0.3 is 14.0 Å². The minimum Gasteiger partial charge on any atom is -0.497 e. The second-order valence-electron chi connectivity index (χ2n) is 4.65. The molecule has 0 bridgehead atoms. The average molecular weight is 318 g/mol. The minimum absolute atomic E-state index is 0.0840. The van der Waals surface area contributed by atoms with Gasteiger partial charge in [-0.1, -0.05) is 5.16 Å². The molecular weight excluding hydrogens is 306 g/mol. The lowest BCUT2D eigenvalue weighted by Crippen LogP contribution is -1.90. The fraction of sp³-hybridized carbons (Fsp3) is 0.125. The van der Waals surface area contributed by atoms with E-state index in [0.29, 0.717) is 17.1 Å². The Labute approximate surface area is 130 Å². The third-order valence-corrected chi connectivity index (χ3v) is 3.20. The molecule has 5 nitrogen and oxygen atoms in total. The number of ether oxygens (including phenoxy) is 2. The molecule has 23 heavy (non-hydrogen) atoms. The number of rotatable bonds is 4. The Kier molecular flexibility index (Phi) is 3.92. The lowest BCUT2D eigenvalue weighted by atomic mass is 10.2. The highest BCUT2D eigenvalue weighted by Gasteiger charge is 2.14. The molecule has 0 saturated heterocycles. The Morgan fingerprint density at radius 1 is 0.870 bits per heavy atom. The maximum atomic E-state index is 13.3. The normalized spacial score (nSPS) is 10.6. The average Bonchev–Trinajstić information content (AvgIpc) is 3.07. The van der Waals surface area contributed by atoms with E-state index < -0.39 is 11.6 Å². The minimum atomic E-state index is -0.981. The molecule has 0 N–H and O–H groups in total. The van der Waals surface area contributed by atoms with Crippen LogP contribution in [0.4, 0.5) is 8.78 Å². The molecule has 0 radical (unpaired) electrons. The zero-order chi connectivity index (χ0) is 16.4. The summed E-state index contributed by atoms with van der Waals surface area (Å²) in [5.74, 6) is -0.420. The van der Waals surface area contributed by atoms with Gasteiger partial charge in [0, 0.05) is 17.2 Å². The van der Waals surface area contributed by atoms with Crippen LogP contribution >= 0.6 is 0 Å². The number of methoxy groups -OCH3 is 2. The smallest absolute Gasteiger partial charge is 0.258 e. The molecule has 0 atom stereocenters. The van der Waals surface area contributed by atoms with Crippen LogP contribution in [0, 0.1) is 11.6 Å². The van der Waals surface area contributed by atoms with Crippen LogP contribution in [-0.2, 0) is 0 Å². The van der Waals surface area contributed by atoms with Crippen molar-refractivity contribution in [2.45, 2.75) is 0 Å². The molecular formula is C16H12F2N2O3. The first-order valence-corrected chi connectivity index (χ1v) is 6.63. The van der Waals surface area contributed by atoms with E-state index in [1.165, 1.54) is 20.3 Å². The van der Waals surface area contributed by atoms with Crippen LogP contribution in [0.15, 0.2) is 40.9 Å². The quantitative estimate of drug-likeness (QED) is 0.734. The molecule has 3 aromatic rings. The van der Waals surface area contributed by atoms with E-state index >= 15 is 0 Å². The maximum Gasteiger partial charge on any atom is 0.258 e. The van der Waals surface area contributed by atoms with Crippen molar-refractivity contribution in [3.8, 4) is 34.3 Å². The van der Waals surface area contributed by atoms with Crippen molar-refractivity contribution in [1.82, 2.24) is 10.1 Å². The fourth-order valence-corrected chi connectivity index (χ4v) is 2.02. The zero-order valence-corrected chi connectivity index (χ0v) is 12.3. The lowest BCUT2D eigenvalue weighted by Gasteiger charge is -2.05. The molecule has 2 aromatic carbocycles. The van der Waals surface area contributed by atoms with Gasteiger partial charge >= 0.3 is 0 Å². The number of hydrogen-bond donors (Lipinski definition) is 0. The molecule has 0 amide bonds. The standard InChI is InChI=1S/C16H12F2N2O3/c1-21-11-5-10(6-12(8-11)22-2)15-19-16(23-20-15)9-3-4-13(17)14(18)7-9/h3-8H,1-2H3. The first-order chi connectivity index (χ1) is 11.1. The molecule has 3 rings (SSSR count). The summed E-state index contributed by atoms with van der Waals surface area (Å²) in [5.41, 5.74) is 0.899. The van der Waals surface area contributed by atoms with Gasteiger partial charge in [0.05, 0.1) is 14.2 Å². The molecule has 7 heteroatoms. The van der Waals surface area contributed by atoms with E-state index in [4.69, 9.17) is 14.0 Å². The molecule has 1 aromatic heterocycles. The predicted molar refractivity (Wildman–Crippen MR) is 78.2 cm³/mol. The number of nitrogens with zero attached hydrogens (tertiary/aromatic N) is 2. The third kappa shape index (κ3) is 2.98. The monoisotopic (exact) mass is 318 g/mol. The lowest BCUT2D eigenvalue weighted by molar-refractivity contribution is 0.394. The number of aromatic nitrogens is 2. The summed E-state index contributed by atoms with van der Waals surface area (Å²) in [4.78, 5) is 4.19. The van der Waals surface area contributed by atoms with Crippen molar-refractivity contribution in [1.29, 1.82) is 0 Å². The van der Waals surface area contributed by atoms with Gasteiger partial charge in [0.1, 0.15) is 11.5 Å². The number of halogens is 2. The molecule has 0 fully saturated rings. The van der Waals surface area contributed by atoms with E-state index in [1.807, 2.05) is 0 Å². The SMILES string of the molecule is COc1cc(OC)cc(-c2noc(-c3ccc(F)c(F)c3)n2)c1. The summed E-state index contributed by atoms with van der Waals surface area (Å²) in [6.45, 7) is 0. The summed E-state index contributed by atoms with van der Waals surface area (Å²) in [7, 11) is 3.06. The van der Waals surface area contributed by atoms with Crippen LogP contribution in [0.25, 0.3) is 22.8 Å². The molecule has 0 saturated carbocycles.